The zero-order valence-electron chi connectivity index (χ0n) is 17.9. The van der Waals surface area contributed by atoms with Crippen molar-refractivity contribution in [3.63, 3.8) is 0 Å². The highest BCUT2D eigenvalue weighted by Crippen LogP contribution is 2.31. The van der Waals surface area contributed by atoms with E-state index in [9.17, 15) is 0 Å². The summed E-state index contributed by atoms with van der Waals surface area (Å²) in [5, 5.41) is 3.66. The summed E-state index contributed by atoms with van der Waals surface area (Å²) in [5.74, 6) is 1.58. The predicted octanol–water partition coefficient (Wildman–Crippen LogP) is 3.92. The quantitative estimate of drug-likeness (QED) is 0.228. The maximum Gasteiger partial charge on any atom is 0.193 e. The van der Waals surface area contributed by atoms with Crippen LogP contribution in [0.5, 0.6) is 0 Å². The summed E-state index contributed by atoms with van der Waals surface area (Å²) in [4.78, 5) is 6.92. The normalized spacial score (nSPS) is 17.5. The molecule has 6 heteroatoms. The molecule has 0 bridgehead atoms. The molecule has 0 spiro atoms. The first-order valence-corrected chi connectivity index (χ1v) is 10.3. The summed E-state index contributed by atoms with van der Waals surface area (Å²) in [6, 6.07) is 10.9. The number of methoxy groups -OCH3 is 1. The van der Waals surface area contributed by atoms with Gasteiger partial charge in [0.05, 0.1) is 19.8 Å². The van der Waals surface area contributed by atoms with Crippen LogP contribution in [0.25, 0.3) is 0 Å². The minimum atomic E-state index is 0. The van der Waals surface area contributed by atoms with Gasteiger partial charge in [-0.25, -0.2) is 0 Å². The standard InChI is InChI=1S/C22H37N3O2.HI/c1-5-22(6-2,20-10-8-7-9-11-20)18-24-21(23-3)25-13-12-19(16-25)17-27-15-14-26-4;/h7-11,19H,5-6,12-18H2,1-4H3,(H,23,24);1H. The van der Waals surface area contributed by atoms with Crippen LogP contribution in [0.15, 0.2) is 35.3 Å². The summed E-state index contributed by atoms with van der Waals surface area (Å²) >= 11 is 0. The van der Waals surface area contributed by atoms with Crippen molar-refractivity contribution >= 4 is 29.9 Å². The van der Waals surface area contributed by atoms with Crippen molar-refractivity contribution in [3.8, 4) is 0 Å². The van der Waals surface area contributed by atoms with Crippen molar-refractivity contribution < 1.29 is 9.47 Å². The predicted molar refractivity (Wildman–Crippen MR) is 128 cm³/mol. The second-order valence-corrected chi connectivity index (χ2v) is 7.42. The fraction of sp³-hybridized carbons (Fsp3) is 0.682. The number of ether oxygens (including phenoxy) is 2. The second kappa shape index (κ2) is 13.4. The van der Waals surface area contributed by atoms with Crippen LogP contribution in [-0.2, 0) is 14.9 Å². The molecular weight excluding hydrogens is 465 g/mol. The van der Waals surface area contributed by atoms with Gasteiger partial charge in [0.15, 0.2) is 5.96 Å². The highest BCUT2D eigenvalue weighted by molar-refractivity contribution is 14.0. The number of benzene rings is 1. The van der Waals surface area contributed by atoms with Gasteiger partial charge in [0.25, 0.3) is 0 Å². The second-order valence-electron chi connectivity index (χ2n) is 7.42. The van der Waals surface area contributed by atoms with Crippen molar-refractivity contribution in [3.05, 3.63) is 35.9 Å². The summed E-state index contributed by atoms with van der Waals surface area (Å²) in [5.41, 5.74) is 1.54. The molecular formula is C22H38IN3O2. The maximum atomic E-state index is 5.71. The van der Waals surface area contributed by atoms with E-state index in [0.717, 1.165) is 51.5 Å². The molecule has 1 aliphatic heterocycles. The van der Waals surface area contributed by atoms with Gasteiger partial charge in [-0.3, -0.25) is 4.99 Å². The number of aliphatic imine (C=N–C) groups is 1. The molecule has 0 radical (unpaired) electrons. The van der Waals surface area contributed by atoms with Crippen molar-refractivity contribution in [1.29, 1.82) is 0 Å². The molecule has 0 amide bonds. The van der Waals surface area contributed by atoms with E-state index in [2.05, 4.69) is 59.4 Å². The number of nitrogens with one attached hydrogen (secondary N) is 1. The van der Waals surface area contributed by atoms with E-state index >= 15 is 0 Å². The molecule has 1 aromatic rings. The first kappa shape index (κ1) is 25.2. The fourth-order valence-electron chi connectivity index (χ4n) is 3.94. The van der Waals surface area contributed by atoms with Gasteiger partial charge >= 0.3 is 0 Å². The molecule has 0 saturated carbocycles. The molecule has 0 aliphatic carbocycles. The van der Waals surface area contributed by atoms with Gasteiger partial charge in [0, 0.05) is 45.1 Å². The fourth-order valence-corrected chi connectivity index (χ4v) is 3.94. The Morgan fingerprint density at radius 3 is 2.54 bits per heavy atom. The lowest BCUT2D eigenvalue weighted by Crippen LogP contribution is -2.46. The molecule has 160 valence electrons. The Bertz CT molecular complexity index is 564. The first-order valence-electron chi connectivity index (χ1n) is 10.3. The molecule has 1 N–H and O–H groups in total. The van der Waals surface area contributed by atoms with Crippen LogP contribution in [0, 0.1) is 5.92 Å². The monoisotopic (exact) mass is 503 g/mol. The SMILES string of the molecule is CCC(CC)(CNC(=NC)N1CCC(COCCOC)C1)c1ccccc1.I. The maximum absolute atomic E-state index is 5.71. The topological polar surface area (TPSA) is 46.1 Å². The number of rotatable bonds is 10. The minimum Gasteiger partial charge on any atom is -0.382 e. The minimum absolute atomic E-state index is 0. The molecule has 28 heavy (non-hydrogen) atoms. The van der Waals surface area contributed by atoms with Gasteiger partial charge in [-0.05, 0) is 24.8 Å². The summed E-state index contributed by atoms with van der Waals surface area (Å²) < 4.78 is 10.8. The van der Waals surface area contributed by atoms with E-state index in [4.69, 9.17) is 9.47 Å². The lowest BCUT2D eigenvalue weighted by Gasteiger charge is -2.34. The summed E-state index contributed by atoms with van der Waals surface area (Å²) in [7, 11) is 3.59. The Hall–Kier alpha value is -0.860. The zero-order valence-corrected chi connectivity index (χ0v) is 20.3. The average molecular weight is 503 g/mol. The van der Waals surface area contributed by atoms with Crippen molar-refractivity contribution in [1.82, 2.24) is 10.2 Å². The zero-order chi connectivity index (χ0) is 19.5. The van der Waals surface area contributed by atoms with Crippen molar-refractivity contribution in [2.45, 2.75) is 38.5 Å². The highest BCUT2D eigenvalue weighted by Gasteiger charge is 2.30. The number of halogens is 1. The molecule has 1 aromatic carbocycles. The molecule has 1 atom stereocenters. The van der Waals surface area contributed by atoms with E-state index in [1.54, 1.807) is 7.11 Å². The highest BCUT2D eigenvalue weighted by atomic mass is 127. The molecule has 1 saturated heterocycles. The number of guanidine groups is 1. The molecule has 1 fully saturated rings. The Balaban J connectivity index is 0.00000392. The van der Waals surface area contributed by atoms with Gasteiger partial charge in [-0.1, -0.05) is 44.2 Å². The molecule has 2 rings (SSSR count). The Kier molecular flexibility index (Phi) is 12.0. The van der Waals surface area contributed by atoms with Crippen LogP contribution >= 0.6 is 24.0 Å². The van der Waals surface area contributed by atoms with Gasteiger partial charge < -0.3 is 19.7 Å². The van der Waals surface area contributed by atoms with Gasteiger partial charge in [0.2, 0.25) is 0 Å². The molecule has 5 nitrogen and oxygen atoms in total. The van der Waals surface area contributed by atoms with Crippen LogP contribution in [0.2, 0.25) is 0 Å². The van der Waals surface area contributed by atoms with E-state index in [1.807, 2.05) is 7.05 Å². The lowest BCUT2D eigenvalue weighted by molar-refractivity contribution is 0.0536. The van der Waals surface area contributed by atoms with Crippen LogP contribution in [0.1, 0.15) is 38.7 Å². The third kappa shape index (κ3) is 6.88. The number of hydrogen-bond acceptors (Lipinski definition) is 3. The first-order chi connectivity index (χ1) is 13.2. The van der Waals surface area contributed by atoms with Crippen LogP contribution < -0.4 is 5.32 Å². The third-order valence-electron chi connectivity index (χ3n) is 5.91. The van der Waals surface area contributed by atoms with Crippen LogP contribution in [0.3, 0.4) is 0 Å². The Morgan fingerprint density at radius 1 is 1.21 bits per heavy atom. The van der Waals surface area contributed by atoms with Gasteiger partial charge in [-0.2, -0.15) is 0 Å². The van der Waals surface area contributed by atoms with E-state index in [-0.39, 0.29) is 29.4 Å². The van der Waals surface area contributed by atoms with E-state index < -0.39 is 0 Å². The number of nitrogens with zero attached hydrogens (tertiary/aromatic N) is 2. The van der Waals surface area contributed by atoms with E-state index in [1.165, 1.54) is 5.56 Å². The van der Waals surface area contributed by atoms with Gasteiger partial charge in [0.1, 0.15) is 0 Å². The van der Waals surface area contributed by atoms with Crippen LogP contribution in [0.4, 0.5) is 0 Å². The lowest BCUT2D eigenvalue weighted by atomic mass is 9.76. The summed E-state index contributed by atoms with van der Waals surface area (Å²) in [6.07, 6.45) is 3.36. The molecule has 1 heterocycles. The molecule has 1 unspecified atom stereocenters. The van der Waals surface area contributed by atoms with Crippen molar-refractivity contribution in [2.75, 3.05) is 53.6 Å². The summed E-state index contributed by atoms with van der Waals surface area (Å²) in [6.45, 7) is 9.64. The largest absolute Gasteiger partial charge is 0.382 e. The van der Waals surface area contributed by atoms with Gasteiger partial charge in [-0.15, -0.1) is 24.0 Å². The molecule has 1 aliphatic rings. The third-order valence-corrected chi connectivity index (χ3v) is 5.91. The van der Waals surface area contributed by atoms with E-state index in [0.29, 0.717) is 19.1 Å². The Labute approximate surface area is 188 Å². The number of likely N-dealkylation sites (tertiary alicyclic amines) is 1. The van der Waals surface area contributed by atoms with Crippen molar-refractivity contribution in [2.24, 2.45) is 10.9 Å². The number of hydrogen-bond donors (Lipinski definition) is 1. The smallest absolute Gasteiger partial charge is 0.193 e. The molecule has 0 aromatic heterocycles. The van der Waals surface area contributed by atoms with Crippen LogP contribution in [-0.4, -0.2) is 64.5 Å². The average Bonchev–Trinajstić information content (AvgIpc) is 3.18. The Morgan fingerprint density at radius 2 is 1.93 bits per heavy atom.